The van der Waals surface area contributed by atoms with Crippen LogP contribution in [0.2, 0.25) is 0 Å². The van der Waals surface area contributed by atoms with Crippen molar-refractivity contribution < 1.29 is 9.13 Å². The van der Waals surface area contributed by atoms with Gasteiger partial charge in [-0.2, -0.15) is 5.10 Å². The van der Waals surface area contributed by atoms with Crippen LogP contribution in [0.4, 0.5) is 4.39 Å². The number of ether oxygens (including phenoxy) is 1. The van der Waals surface area contributed by atoms with E-state index in [1.165, 1.54) is 0 Å². The van der Waals surface area contributed by atoms with Gasteiger partial charge in [-0.15, -0.1) is 0 Å². The van der Waals surface area contributed by atoms with Crippen LogP contribution in [-0.2, 0) is 17.8 Å². The van der Waals surface area contributed by atoms with E-state index in [0.29, 0.717) is 12.5 Å². The van der Waals surface area contributed by atoms with Gasteiger partial charge in [0.05, 0.1) is 19.1 Å². The van der Waals surface area contributed by atoms with E-state index in [4.69, 9.17) is 4.74 Å². The summed E-state index contributed by atoms with van der Waals surface area (Å²) in [7, 11) is 0. The zero-order valence-electron chi connectivity index (χ0n) is 13.3. The Morgan fingerprint density at radius 1 is 1.25 bits per heavy atom. The van der Waals surface area contributed by atoms with Gasteiger partial charge >= 0.3 is 0 Å². The molecule has 0 spiro atoms. The summed E-state index contributed by atoms with van der Waals surface area (Å²) in [6, 6.07) is 5.12. The number of imidazole rings is 1. The summed E-state index contributed by atoms with van der Waals surface area (Å²) in [5, 5.41) is 4.41. The summed E-state index contributed by atoms with van der Waals surface area (Å²) in [5.74, 6) is 0.279. The molecule has 6 heteroatoms. The second kappa shape index (κ2) is 6.57. The Morgan fingerprint density at radius 2 is 2.21 bits per heavy atom. The molecule has 0 radical (unpaired) electrons. The molecule has 0 bridgehead atoms. The van der Waals surface area contributed by atoms with Gasteiger partial charge in [0.25, 0.3) is 0 Å². The lowest BCUT2D eigenvalue weighted by molar-refractivity contribution is 0.181. The fourth-order valence-corrected chi connectivity index (χ4v) is 3.10. The van der Waals surface area contributed by atoms with Gasteiger partial charge in [-0.1, -0.05) is 0 Å². The van der Waals surface area contributed by atoms with Crippen molar-refractivity contribution in [3.63, 3.8) is 0 Å². The summed E-state index contributed by atoms with van der Waals surface area (Å²) in [5.41, 5.74) is 2.68. The first-order valence-corrected chi connectivity index (χ1v) is 8.12. The van der Waals surface area contributed by atoms with E-state index in [1.807, 2.05) is 27.7 Å². The number of rotatable bonds is 5. The van der Waals surface area contributed by atoms with Crippen molar-refractivity contribution in [2.45, 2.75) is 19.5 Å². The summed E-state index contributed by atoms with van der Waals surface area (Å²) in [6.45, 7) is 3.07. The van der Waals surface area contributed by atoms with Crippen LogP contribution in [0, 0.1) is 11.7 Å². The van der Waals surface area contributed by atoms with Gasteiger partial charge < -0.3 is 9.30 Å². The van der Waals surface area contributed by atoms with Crippen LogP contribution in [0.3, 0.4) is 0 Å². The fraction of sp³-hybridized carbons (Fsp3) is 0.333. The third kappa shape index (κ3) is 3.38. The first-order valence-electron chi connectivity index (χ1n) is 8.12. The predicted octanol–water partition coefficient (Wildman–Crippen LogP) is 2.97. The van der Waals surface area contributed by atoms with Gasteiger partial charge in [0.15, 0.2) is 0 Å². The smallest absolute Gasteiger partial charge is 0.124 e. The standard InChI is InChI=1S/C18H19FN4O/c19-18-6-15(9-22-3-2-20-13-22)5-16(7-18)17-8-21-23(11-17)10-14-1-4-24-12-14/h2-3,5-8,11,13-14H,1,4,9-10,12H2. The lowest BCUT2D eigenvalue weighted by Crippen LogP contribution is -2.10. The molecule has 4 rings (SSSR count). The third-order valence-electron chi connectivity index (χ3n) is 4.32. The van der Waals surface area contributed by atoms with Crippen LogP contribution in [-0.4, -0.2) is 32.5 Å². The number of benzene rings is 1. The molecule has 1 unspecified atom stereocenters. The average Bonchev–Trinajstić information content (AvgIpc) is 3.29. The topological polar surface area (TPSA) is 44.9 Å². The van der Waals surface area contributed by atoms with Gasteiger partial charge in [0.2, 0.25) is 0 Å². The van der Waals surface area contributed by atoms with E-state index in [2.05, 4.69) is 10.1 Å². The van der Waals surface area contributed by atoms with Crippen molar-refractivity contribution in [2.75, 3.05) is 13.2 Å². The van der Waals surface area contributed by atoms with Crippen LogP contribution < -0.4 is 0 Å². The molecule has 5 nitrogen and oxygen atoms in total. The molecule has 1 aliphatic rings. The molecule has 3 heterocycles. The monoisotopic (exact) mass is 326 g/mol. The van der Waals surface area contributed by atoms with Gasteiger partial charge in [0.1, 0.15) is 5.82 Å². The Bertz CT molecular complexity index is 806. The van der Waals surface area contributed by atoms with Crippen molar-refractivity contribution in [2.24, 2.45) is 5.92 Å². The van der Waals surface area contributed by atoms with Gasteiger partial charge in [-0.05, 0) is 35.7 Å². The predicted molar refractivity (Wildman–Crippen MR) is 87.9 cm³/mol. The first kappa shape index (κ1) is 15.1. The molecule has 24 heavy (non-hydrogen) atoms. The van der Waals surface area contributed by atoms with E-state index in [0.717, 1.165) is 42.9 Å². The van der Waals surface area contributed by atoms with Crippen LogP contribution in [0.15, 0.2) is 49.3 Å². The van der Waals surface area contributed by atoms with E-state index in [-0.39, 0.29) is 5.82 Å². The van der Waals surface area contributed by atoms with Gasteiger partial charge in [0, 0.05) is 49.8 Å². The molecule has 1 fully saturated rings. The van der Waals surface area contributed by atoms with Crippen LogP contribution >= 0.6 is 0 Å². The molecule has 0 aliphatic carbocycles. The van der Waals surface area contributed by atoms with Crippen molar-refractivity contribution >= 4 is 0 Å². The second-order valence-electron chi connectivity index (χ2n) is 6.26. The highest BCUT2D eigenvalue weighted by Gasteiger charge is 2.16. The highest BCUT2D eigenvalue weighted by molar-refractivity contribution is 5.62. The summed E-state index contributed by atoms with van der Waals surface area (Å²) in [4.78, 5) is 4.02. The lowest BCUT2D eigenvalue weighted by Gasteiger charge is -2.07. The molecule has 2 aromatic heterocycles. The minimum absolute atomic E-state index is 0.237. The zero-order valence-corrected chi connectivity index (χ0v) is 13.3. The molecule has 1 aliphatic heterocycles. The summed E-state index contributed by atoms with van der Waals surface area (Å²) < 4.78 is 23.3. The number of nitrogens with zero attached hydrogens (tertiary/aromatic N) is 4. The number of hydrogen-bond acceptors (Lipinski definition) is 3. The van der Waals surface area contributed by atoms with Crippen molar-refractivity contribution in [3.8, 4) is 11.1 Å². The van der Waals surface area contributed by atoms with Crippen LogP contribution in [0.5, 0.6) is 0 Å². The first-order chi connectivity index (χ1) is 11.8. The number of hydrogen-bond donors (Lipinski definition) is 0. The second-order valence-corrected chi connectivity index (χ2v) is 6.26. The van der Waals surface area contributed by atoms with Gasteiger partial charge in [-0.3, -0.25) is 4.68 Å². The molecule has 124 valence electrons. The molecule has 0 N–H and O–H groups in total. The van der Waals surface area contributed by atoms with E-state index in [1.54, 1.807) is 30.9 Å². The number of aromatic nitrogens is 4. The summed E-state index contributed by atoms with van der Waals surface area (Å²) >= 11 is 0. The molecule has 1 aromatic carbocycles. The maximum atomic E-state index is 14.0. The normalized spacial score (nSPS) is 17.5. The maximum absolute atomic E-state index is 14.0. The Balaban J connectivity index is 1.54. The van der Waals surface area contributed by atoms with Gasteiger partial charge in [-0.25, -0.2) is 9.37 Å². The molecular weight excluding hydrogens is 307 g/mol. The Kier molecular flexibility index (Phi) is 4.13. The van der Waals surface area contributed by atoms with Crippen molar-refractivity contribution in [1.29, 1.82) is 0 Å². The fourth-order valence-electron chi connectivity index (χ4n) is 3.10. The lowest BCUT2D eigenvalue weighted by atomic mass is 10.1. The molecule has 1 atom stereocenters. The van der Waals surface area contributed by atoms with Crippen LogP contribution in [0.1, 0.15) is 12.0 Å². The van der Waals surface area contributed by atoms with E-state index in [9.17, 15) is 4.39 Å². The highest BCUT2D eigenvalue weighted by atomic mass is 19.1. The SMILES string of the molecule is Fc1cc(Cn2ccnc2)cc(-c2cnn(CC3CCOC3)c2)c1. The third-order valence-corrected chi connectivity index (χ3v) is 4.32. The Labute approximate surface area is 139 Å². The summed E-state index contributed by atoms with van der Waals surface area (Å²) in [6.07, 6.45) is 10.2. The van der Waals surface area contributed by atoms with E-state index >= 15 is 0 Å². The quantitative estimate of drug-likeness (QED) is 0.724. The molecule has 3 aromatic rings. The Morgan fingerprint density at radius 3 is 3.00 bits per heavy atom. The molecular formula is C18H19FN4O. The highest BCUT2D eigenvalue weighted by Crippen LogP contribution is 2.23. The minimum atomic E-state index is -0.237. The number of halogens is 1. The van der Waals surface area contributed by atoms with Crippen molar-refractivity contribution in [1.82, 2.24) is 19.3 Å². The molecule has 1 saturated heterocycles. The van der Waals surface area contributed by atoms with Crippen LogP contribution in [0.25, 0.3) is 11.1 Å². The average molecular weight is 326 g/mol. The molecule has 0 amide bonds. The van der Waals surface area contributed by atoms with Crippen molar-refractivity contribution in [3.05, 3.63) is 60.7 Å². The Hall–Kier alpha value is -2.47. The van der Waals surface area contributed by atoms with E-state index < -0.39 is 0 Å². The molecule has 0 saturated carbocycles. The minimum Gasteiger partial charge on any atom is -0.381 e. The zero-order chi connectivity index (χ0) is 16.4. The maximum Gasteiger partial charge on any atom is 0.124 e. The largest absolute Gasteiger partial charge is 0.381 e.